The van der Waals surface area contributed by atoms with Crippen molar-refractivity contribution in [3.8, 4) is 51.2 Å². The summed E-state index contributed by atoms with van der Waals surface area (Å²) in [4.78, 5) is 120. The lowest BCUT2D eigenvalue weighted by molar-refractivity contribution is -0.383. The monoisotopic (exact) mass is 1790 g/mol. The summed E-state index contributed by atoms with van der Waals surface area (Å²) in [7, 11) is -4.22. The number of nitro groups is 1. The maximum Gasteiger partial charge on any atom is 0.292 e. The number of hydrogen-bond acceptors (Lipinski definition) is 27. The van der Waals surface area contributed by atoms with Crippen LogP contribution in [0.2, 0.25) is 0 Å². The number of para-hydroxylation sites is 1. The standard InChI is InChI=1S/C20H20N2O3.C19H17NO3.C15H10O7.C14H13N.C14H14O4S2.C13H9N3O6S/c1-9(23)14-18(24)17-16-11-8-21-13-6-4-5-10(15(11)13)7-12(16)20(2,3)22(17)19(14)25;21-17-13-18(20-9-11-22-12-10-20)23-19-15(7-4-8-16(17)19)14-5-2-1-3-6-14;16-7-4-10(19)12-11(5-7)22-15(14(21)13(12)20)6-1-2-8(17)9(18)3-6;1-12-6-5-9-14(15-12)11-10-13-7-3-2-4-8-13;15-5-7-19-13-11(17)9-3-1-2-4-10(9)12(18)14(13)20-8-6-16;14-23(21,22)10-3-1-2-7-11(10)8(16(19)20)4-6-5-9(17)13(18)15-12(6)7/h4-6,8,12,16-17,21,24H,7H2,1-3H3;1-8,13H,9-12H2;1-5,16-19,21H;2-11H,1H3;1-4,15-16H,5-8H2;1-4H,5H2,(H,15,18)(H2,14,21,22)/b;;;11-10+;;/t12-,16+,17+;;;;;/m1...../s1. The van der Waals surface area contributed by atoms with Crippen LogP contribution in [-0.2, 0) is 46.8 Å². The Bertz CT molecular complexity index is 6950. The quantitative estimate of drug-likeness (QED) is 0.0158. The van der Waals surface area contributed by atoms with Gasteiger partial charge in [-0.2, -0.15) is 0 Å². The largest absolute Gasteiger partial charge is 0.509 e. The average molecular weight is 1790 g/mol. The third-order valence-corrected chi connectivity index (χ3v) is 25.5. The van der Waals surface area contributed by atoms with Crippen LogP contribution < -0.4 is 26.2 Å². The second kappa shape index (κ2) is 37.9. The van der Waals surface area contributed by atoms with E-state index >= 15 is 0 Å². The summed E-state index contributed by atoms with van der Waals surface area (Å²) in [5.74, 6) is -3.86. The van der Waals surface area contributed by atoms with E-state index in [4.69, 9.17) is 28.9 Å². The number of thioether (sulfide) groups is 2. The number of aliphatic hydroxyl groups is 3. The van der Waals surface area contributed by atoms with Crippen LogP contribution in [-0.4, -0.2) is 167 Å². The normalized spacial score (nSPS) is 16.5. The van der Waals surface area contributed by atoms with Gasteiger partial charge in [0.05, 0.1) is 74.3 Å². The second-order valence-corrected chi connectivity index (χ2v) is 34.4. The highest BCUT2D eigenvalue weighted by Crippen LogP contribution is 2.58. The Hall–Kier alpha value is -14.3. The van der Waals surface area contributed by atoms with E-state index in [-0.39, 0.29) is 127 Å². The Labute approximate surface area is 737 Å². The molecule has 12 N–H and O–H groups in total. The molecule has 19 rings (SSSR count). The Balaban J connectivity index is 0.000000125. The Morgan fingerprint density at radius 2 is 1.30 bits per heavy atom. The number of pyridine rings is 1. The number of aryl methyl sites for hydroxylation is 1. The number of benzene rings is 9. The summed E-state index contributed by atoms with van der Waals surface area (Å²) in [5.41, 5.74) is 8.76. The lowest BCUT2D eigenvalue weighted by atomic mass is 9.69. The Kier molecular flexibility index (Phi) is 26.6. The van der Waals surface area contributed by atoms with Crippen LogP contribution in [0.3, 0.4) is 0 Å². The number of ketones is 4. The first-order valence-corrected chi connectivity index (χ1v) is 43.5. The summed E-state index contributed by atoms with van der Waals surface area (Å²) >= 11 is 2.38. The third kappa shape index (κ3) is 18.3. The van der Waals surface area contributed by atoms with Crippen molar-refractivity contribution in [2.45, 2.75) is 62.9 Å². The summed E-state index contributed by atoms with van der Waals surface area (Å²) < 4.78 is 40.3. The van der Waals surface area contributed by atoms with E-state index in [2.05, 4.69) is 70.4 Å². The molecule has 128 heavy (non-hydrogen) atoms. The Morgan fingerprint density at radius 1 is 0.672 bits per heavy atom. The summed E-state index contributed by atoms with van der Waals surface area (Å²) in [6, 6.07) is 56.7. The zero-order valence-corrected chi connectivity index (χ0v) is 71.3. The molecule has 0 radical (unpaired) electrons. The van der Waals surface area contributed by atoms with Gasteiger partial charge in [-0.1, -0.05) is 133 Å². The van der Waals surface area contributed by atoms with Crippen LogP contribution >= 0.6 is 23.5 Å². The van der Waals surface area contributed by atoms with Crippen LogP contribution in [0.1, 0.15) is 81.0 Å². The lowest BCUT2D eigenvalue weighted by Crippen LogP contribution is -2.47. The van der Waals surface area contributed by atoms with E-state index in [0.717, 1.165) is 89.5 Å². The molecule has 33 heteroatoms. The van der Waals surface area contributed by atoms with Gasteiger partial charge in [0.1, 0.15) is 39.4 Å². The summed E-state index contributed by atoms with van der Waals surface area (Å²) in [5, 5.41) is 96.8. The van der Waals surface area contributed by atoms with Crippen LogP contribution in [0.25, 0.3) is 78.2 Å². The number of aromatic nitrogens is 2. The zero-order chi connectivity index (χ0) is 91.3. The first-order chi connectivity index (χ1) is 61.3. The minimum Gasteiger partial charge on any atom is -0.509 e. The number of fused-ring (bicyclic) bond motifs is 10. The number of sulfonamides is 1. The molecule has 0 spiro atoms. The number of nitro benzene ring substituents is 1. The average Bonchev–Trinajstić information content (AvgIpc) is 1.52. The molecule has 9 aromatic carbocycles. The molecule has 0 unspecified atom stereocenters. The SMILES string of the molecule is CC(=O)C1=C(O)[C@@H]2[C@H]3c4c[nH]c5cccc(c45)C[C@H]3C(C)(C)N2C1=O.Cc1cccc(/C=C/c2ccccc2)n1.NS(=O)(=O)c1cccc2c3c(cc([N+](=O)[O-])c12)CC(=O)C(=O)N3.O=C1C(SCCO)=C(SCCO)C(=O)c2ccccc21.O=c1c(O)c(-c2ccc(O)c(O)c2)oc2cc(O)cc(O)c12.O=c1cc(N2CCOCC2)oc2c(-c3ccccc3)cccc12. The van der Waals surface area contributed by atoms with Crippen molar-refractivity contribution in [1.29, 1.82) is 0 Å². The summed E-state index contributed by atoms with van der Waals surface area (Å²) in [6.45, 7) is 10.1. The number of aliphatic hydroxyl groups excluding tert-OH is 3. The molecule has 2 amide bonds. The topological polar surface area (TPSA) is 484 Å². The number of Topliss-reactive ketones (excluding diaryl/α,β-unsaturated/α-hetero) is 4. The van der Waals surface area contributed by atoms with Gasteiger partial charge in [-0.25, -0.2) is 13.6 Å². The molecule has 30 nitrogen and oxygen atoms in total. The molecule has 654 valence electrons. The number of non-ortho nitro benzene ring substituents is 1. The lowest BCUT2D eigenvalue weighted by Gasteiger charge is -2.37. The highest BCUT2D eigenvalue weighted by Gasteiger charge is 2.63. The molecular formula is C95H83N7O23S3. The number of morpholine rings is 1. The highest BCUT2D eigenvalue weighted by molar-refractivity contribution is 8.08. The number of phenols is 4. The molecule has 2 aliphatic carbocycles. The second-order valence-electron chi connectivity index (χ2n) is 30.7. The molecule has 13 aromatic rings. The first-order valence-electron chi connectivity index (χ1n) is 40.0. The van der Waals surface area contributed by atoms with Crippen LogP contribution in [0.15, 0.2) is 251 Å². The molecule has 2 fully saturated rings. The van der Waals surface area contributed by atoms with Gasteiger partial charge in [0.25, 0.3) is 17.5 Å². The number of anilines is 2. The predicted molar refractivity (Wildman–Crippen MR) is 485 cm³/mol. The predicted octanol–water partition coefficient (Wildman–Crippen LogP) is 13.9. The smallest absolute Gasteiger partial charge is 0.292 e. The number of ether oxygens (including phenoxy) is 1. The van der Waals surface area contributed by atoms with Gasteiger partial charge in [-0.3, -0.25) is 53.5 Å². The van der Waals surface area contributed by atoms with Crippen LogP contribution in [0.4, 0.5) is 17.3 Å². The molecule has 0 saturated carbocycles. The molecular weight excluding hydrogens is 1700 g/mol. The van der Waals surface area contributed by atoms with Crippen LogP contribution in [0.5, 0.6) is 28.7 Å². The number of carbonyl (C=O) groups excluding carboxylic acids is 6. The fourth-order valence-corrected chi connectivity index (χ4v) is 19.1. The molecule has 8 heterocycles. The number of aromatic amines is 1. The maximum atomic E-state index is 12.9. The first kappa shape index (κ1) is 89.9. The third-order valence-electron chi connectivity index (χ3n) is 22.2. The number of primary sulfonamides is 1. The molecule has 6 aliphatic rings. The van der Waals surface area contributed by atoms with E-state index in [1.807, 2.05) is 104 Å². The number of aromatic hydroxyl groups is 5. The molecule has 0 bridgehead atoms. The molecule has 3 atom stereocenters. The van der Waals surface area contributed by atoms with Gasteiger partial charge in [0, 0.05) is 117 Å². The van der Waals surface area contributed by atoms with E-state index in [1.54, 1.807) is 35.2 Å². The number of nitrogens with one attached hydrogen (secondary N) is 2. The van der Waals surface area contributed by atoms with Crippen LogP contribution in [0, 0.1) is 23.0 Å². The summed E-state index contributed by atoms with van der Waals surface area (Å²) in [6.07, 6.45) is 6.68. The number of allylic oxidation sites excluding steroid dienone is 2. The molecule has 2 saturated heterocycles. The van der Waals surface area contributed by atoms with Gasteiger partial charge in [0.2, 0.25) is 38.6 Å². The molecule has 4 aromatic heterocycles. The Morgan fingerprint density at radius 3 is 1.95 bits per heavy atom. The molecule has 4 aliphatic heterocycles. The van der Waals surface area contributed by atoms with Gasteiger partial charge in [0.15, 0.2) is 34.4 Å². The maximum absolute atomic E-state index is 12.9. The van der Waals surface area contributed by atoms with E-state index < -0.39 is 71.5 Å². The number of phenolic OH excluding ortho intramolecular Hbond substituents is 4. The number of rotatable bonds is 14. The number of nitrogens with zero attached hydrogens (tertiary/aromatic N) is 4. The number of nitrogens with two attached hydrogens (primary N) is 1. The minimum atomic E-state index is -4.22. The van der Waals surface area contributed by atoms with E-state index in [0.29, 0.717) is 62.5 Å². The number of H-pyrrole nitrogens is 1. The van der Waals surface area contributed by atoms with Crippen molar-refractivity contribution in [2.75, 3.05) is 61.2 Å². The van der Waals surface area contributed by atoms with Gasteiger partial charge in [-0.15, -0.1) is 23.5 Å². The van der Waals surface area contributed by atoms with Crippen molar-refractivity contribution in [2.24, 2.45) is 11.1 Å². The number of hydrogen-bond donors (Lipinski definition) is 11. The van der Waals surface area contributed by atoms with Gasteiger partial charge >= 0.3 is 0 Å². The van der Waals surface area contributed by atoms with Gasteiger partial charge in [-0.05, 0) is 122 Å². The van der Waals surface area contributed by atoms with Crippen molar-refractivity contribution in [3.63, 3.8) is 0 Å². The van der Waals surface area contributed by atoms with E-state index in [1.165, 1.54) is 65.2 Å². The van der Waals surface area contributed by atoms with E-state index in [9.17, 15) is 87.5 Å². The van der Waals surface area contributed by atoms with Gasteiger partial charge < -0.3 is 74.5 Å². The van der Waals surface area contributed by atoms with Crippen molar-refractivity contribution >= 4 is 142 Å². The zero-order valence-electron chi connectivity index (χ0n) is 68.9. The van der Waals surface area contributed by atoms with Crippen molar-refractivity contribution < 1.29 is 96.5 Å². The van der Waals surface area contributed by atoms with Crippen molar-refractivity contribution in [1.82, 2.24) is 14.9 Å². The number of amides is 2. The number of carbonyl (C=O) groups is 6. The minimum absolute atomic E-state index is 0.000509. The fraction of sp³-hybridized carbons (Fsp3) is 0.189. The van der Waals surface area contributed by atoms with Crippen molar-refractivity contribution in [3.05, 3.63) is 303 Å². The highest BCUT2D eigenvalue weighted by atomic mass is 32.2. The fourth-order valence-electron chi connectivity index (χ4n) is 16.4.